The van der Waals surface area contributed by atoms with Crippen molar-refractivity contribution in [1.82, 2.24) is 4.90 Å². The summed E-state index contributed by atoms with van der Waals surface area (Å²) in [7, 11) is 1.85. The van der Waals surface area contributed by atoms with Crippen molar-refractivity contribution in [3.8, 4) is 0 Å². The second kappa shape index (κ2) is 4.45. The lowest BCUT2D eigenvalue weighted by atomic mass is 10.0. The lowest BCUT2D eigenvalue weighted by Crippen LogP contribution is -2.43. The Morgan fingerprint density at radius 2 is 1.67 bits per heavy atom. The monoisotopic (exact) mass is 173 g/mol. The van der Waals surface area contributed by atoms with Crippen LogP contribution in [0.5, 0.6) is 0 Å². The van der Waals surface area contributed by atoms with Gasteiger partial charge in [-0.3, -0.25) is 9.69 Å². The topological polar surface area (TPSA) is 40.5 Å². The summed E-state index contributed by atoms with van der Waals surface area (Å²) in [4.78, 5) is 12.5. The van der Waals surface area contributed by atoms with Gasteiger partial charge in [-0.1, -0.05) is 13.8 Å². The number of hydrogen-bond donors (Lipinski definition) is 1. The fourth-order valence-electron chi connectivity index (χ4n) is 0.997. The minimum absolute atomic E-state index is 0.302. The fourth-order valence-corrected chi connectivity index (χ4v) is 0.997. The Morgan fingerprint density at radius 3 is 1.92 bits per heavy atom. The number of nitrogens with zero attached hydrogens (tertiary/aromatic N) is 1. The van der Waals surface area contributed by atoms with Gasteiger partial charge in [0.2, 0.25) is 0 Å². The first kappa shape index (κ1) is 11.4. The summed E-state index contributed by atoms with van der Waals surface area (Å²) in [6, 6.07) is -0.0986. The van der Waals surface area contributed by atoms with Crippen LogP contribution in [-0.2, 0) is 4.79 Å². The van der Waals surface area contributed by atoms with Crippen molar-refractivity contribution >= 4 is 5.97 Å². The molecule has 0 amide bonds. The van der Waals surface area contributed by atoms with Crippen molar-refractivity contribution in [3.05, 3.63) is 0 Å². The lowest BCUT2D eigenvalue weighted by molar-refractivity contribution is -0.143. The molecule has 0 spiro atoms. The smallest absolute Gasteiger partial charge is 0.320 e. The molecule has 2 atom stereocenters. The standard InChI is InChI=1S/C9H19NO2/c1-6(2)7(3)10(5)8(4)9(11)12/h6-8H,1-5H3,(H,11,12). The summed E-state index contributed by atoms with van der Waals surface area (Å²) in [6.07, 6.45) is 0. The Hall–Kier alpha value is -0.570. The molecule has 0 heterocycles. The van der Waals surface area contributed by atoms with Gasteiger partial charge in [-0.25, -0.2) is 0 Å². The maximum Gasteiger partial charge on any atom is 0.320 e. The minimum atomic E-state index is -0.759. The Bertz CT molecular complexity index is 157. The van der Waals surface area contributed by atoms with Gasteiger partial charge in [0.25, 0.3) is 0 Å². The molecule has 12 heavy (non-hydrogen) atoms. The number of carboxylic acids is 1. The number of likely N-dealkylation sites (N-methyl/N-ethyl adjacent to an activating group) is 1. The summed E-state index contributed by atoms with van der Waals surface area (Å²) in [5.74, 6) is -0.276. The zero-order valence-corrected chi connectivity index (χ0v) is 8.53. The molecule has 0 aliphatic heterocycles. The molecule has 2 unspecified atom stereocenters. The fraction of sp³-hybridized carbons (Fsp3) is 0.889. The molecule has 3 heteroatoms. The van der Waals surface area contributed by atoms with Gasteiger partial charge in [-0.2, -0.15) is 0 Å². The van der Waals surface area contributed by atoms with Gasteiger partial charge in [0.15, 0.2) is 0 Å². The van der Waals surface area contributed by atoms with Gasteiger partial charge in [-0.15, -0.1) is 0 Å². The van der Waals surface area contributed by atoms with Gasteiger partial charge in [-0.05, 0) is 26.8 Å². The summed E-state index contributed by atoms with van der Waals surface area (Å²) < 4.78 is 0. The molecule has 72 valence electrons. The predicted molar refractivity (Wildman–Crippen MR) is 49.2 cm³/mol. The van der Waals surface area contributed by atoms with Crippen LogP contribution in [0.2, 0.25) is 0 Å². The summed E-state index contributed by atoms with van der Waals surface area (Å²) >= 11 is 0. The molecule has 3 nitrogen and oxygen atoms in total. The molecule has 0 aliphatic carbocycles. The van der Waals surface area contributed by atoms with Crippen LogP contribution < -0.4 is 0 Å². The summed E-state index contributed by atoms with van der Waals surface area (Å²) in [6.45, 7) is 7.94. The Morgan fingerprint density at radius 1 is 1.25 bits per heavy atom. The highest BCUT2D eigenvalue weighted by molar-refractivity contribution is 5.72. The minimum Gasteiger partial charge on any atom is -0.480 e. The van der Waals surface area contributed by atoms with E-state index in [1.165, 1.54) is 0 Å². The van der Waals surface area contributed by atoms with Crippen LogP contribution in [0.3, 0.4) is 0 Å². The SMILES string of the molecule is CC(C)C(C)N(C)C(C)C(=O)O. The highest BCUT2D eigenvalue weighted by Crippen LogP contribution is 2.10. The Labute approximate surface area is 74.4 Å². The van der Waals surface area contributed by atoms with Crippen molar-refractivity contribution in [1.29, 1.82) is 0 Å². The van der Waals surface area contributed by atoms with Crippen LogP contribution in [0.1, 0.15) is 27.7 Å². The normalized spacial score (nSPS) is 16.6. The van der Waals surface area contributed by atoms with E-state index in [0.29, 0.717) is 12.0 Å². The van der Waals surface area contributed by atoms with Crippen LogP contribution in [0.15, 0.2) is 0 Å². The predicted octanol–water partition coefficient (Wildman–Crippen LogP) is 1.44. The maximum atomic E-state index is 10.6. The van der Waals surface area contributed by atoms with Gasteiger partial charge in [0.05, 0.1) is 0 Å². The van der Waals surface area contributed by atoms with Crippen molar-refractivity contribution in [3.63, 3.8) is 0 Å². The number of aliphatic carboxylic acids is 1. The molecule has 1 N–H and O–H groups in total. The zero-order chi connectivity index (χ0) is 9.89. The maximum absolute atomic E-state index is 10.6. The van der Waals surface area contributed by atoms with Gasteiger partial charge < -0.3 is 5.11 Å². The van der Waals surface area contributed by atoms with Crippen LogP contribution >= 0.6 is 0 Å². The molecule has 0 rings (SSSR count). The molecule has 0 aromatic rings. The highest BCUT2D eigenvalue weighted by Gasteiger charge is 2.22. The quantitative estimate of drug-likeness (QED) is 0.699. The molecule has 0 aromatic carbocycles. The van der Waals surface area contributed by atoms with Crippen molar-refractivity contribution in [2.24, 2.45) is 5.92 Å². The molecule has 0 aliphatic rings. The molecular weight excluding hydrogens is 154 g/mol. The second-order valence-electron chi connectivity index (χ2n) is 3.66. The summed E-state index contributed by atoms with van der Waals surface area (Å²) in [5, 5.41) is 8.74. The average molecular weight is 173 g/mol. The largest absolute Gasteiger partial charge is 0.480 e. The summed E-state index contributed by atoms with van der Waals surface area (Å²) in [5.41, 5.74) is 0. The van der Waals surface area contributed by atoms with Crippen molar-refractivity contribution in [2.75, 3.05) is 7.05 Å². The van der Waals surface area contributed by atoms with E-state index < -0.39 is 12.0 Å². The van der Waals surface area contributed by atoms with E-state index in [4.69, 9.17) is 5.11 Å². The van der Waals surface area contributed by atoms with Crippen LogP contribution in [-0.4, -0.2) is 35.1 Å². The van der Waals surface area contributed by atoms with Crippen LogP contribution in [0.25, 0.3) is 0 Å². The zero-order valence-electron chi connectivity index (χ0n) is 8.53. The first-order valence-electron chi connectivity index (χ1n) is 4.32. The molecule has 0 bridgehead atoms. The van der Waals surface area contributed by atoms with Crippen LogP contribution in [0.4, 0.5) is 0 Å². The molecular formula is C9H19NO2. The molecule has 0 saturated heterocycles. The molecule has 0 aromatic heterocycles. The Balaban J connectivity index is 4.18. The van der Waals surface area contributed by atoms with E-state index in [0.717, 1.165) is 0 Å². The van der Waals surface area contributed by atoms with E-state index in [1.807, 2.05) is 18.9 Å². The Kier molecular flexibility index (Phi) is 4.24. The van der Waals surface area contributed by atoms with Crippen LogP contribution in [0, 0.1) is 5.92 Å². The van der Waals surface area contributed by atoms with E-state index in [9.17, 15) is 4.79 Å². The number of rotatable bonds is 4. The number of carboxylic acid groups (broad SMARTS) is 1. The first-order valence-corrected chi connectivity index (χ1v) is 4.32. The lowest BCUT2D eigenvalue weighted by Gasteiger charge is -2.30. The third kappa shape index (κ3) is 2.81. The number of hydrogen-bond acceptors (Lipinski definition) is 2. The molecule has 0 fully saturated rings. The third-order valence-electron chi connectivity index (χ3n) is 2.58. The average Bonchev–Trinajstić information content (AvgIpc) is 2.00. The van der Waals surface area contributed by atoms with E-state index in [1.54, 1.807) is 6.92 Å². The molecule has 0 saturated carbocycles. The molecule has 0 radical (unpaired) electrons. The van der Waals surface area contributed by atoms with E-state index >= 15 is 0 Å². The van der Waals surface area contributed by atoms with E-state index in [-0.39, 0.29) is 0 Å². The van der Waals surface area contributed by atoms with Crippen molar-refractivity contribution < 1.29 is 9.90 Å². The van der Waals surface area contributed by atoms with Crippen molar-refractivity contribution in [2.45, 2.75) is 39.8 Å². The van der Waals surface area contributed by atoms with Gasteiger partial charge in [0.1, 0.15) is 6.04 Å². The van der Waals surface area contributed by atoms with Gasteiger partial charge in [0, 0.05) is 6.04 Å². The third-order valence-corrected chi connectivity index (χ3v) is 2.58. The second-order valence-corrected chi connectivity index (χ2v) is 3.66. The number of carbonyl (C=O) groups is 1. The first-order chi connectivity index (χ1) is 5.37. The highest BCUT2D eigenvalue weighted by atomic mass is 16.4. The van der Waals surface area contributed by atoms with E-state index in [2.05, 4.69) is 13.8 Å². The van der Waals surface area contributed by atoms with Gasteiger partial charge >= 0.3 is 5.97 Å².